The molecule has 0 spiro atoms. The molecular weight excluding hydrogens is 334 g/mol. The third-order valence-electron chi connectivity index (χ3n) is 3.93. The third-order valence-corrected chi connectivity index (χ3v) is 6.26. The van der Waals surface area contributed by atoms with Crippen molar-refractivity contribution in [1.82, 2.24) is 14.6 Å². The van der Waals surface area contributed by atoms with Crippen LogP contribution < -0.4 is 5.32 Å². The molecule has 0 radical (unpaired) electrons. The molecule has 1 unspecified atom stereocenters. The van der Waals surface area contributed by atoms with Crippen LogP contribution in [0.25, 0.3) is 10.2 Å². The van der Waals surface area contributed by atoms with E-state index >= 15 is 0 Å². The monoisotopic (exact) mass is 353 g/mol. The van der Waals surface area contributed by atoms with Gasteiger partial charge in [-0.25, -0.2) is 13.4 Å². The molecule has 1 aromatic carbocycles. The van der Waals surface area contributed by atoms with Crippen LogP contribution in [0.4, 0.5) is 0 Å². The van der Waals surface area contributed by atoms with E-state index in [1.165, 1.54) is 15.6 Å². The van der Waals surface area contributed by atoms with Crippen molar-refractivity contribution in [1.29, 1.82) is 0 Å². The minimum absolute atomic E-state index is 0.241. The summed E-state index contributed by atoms with van der Waals surface area (Å²) in [6.07, 6.45) is 3.39. The van der Waals surface area contributed by atoms with Crippen molar-refractivity contribution < 1.29 is 13.2 Å². The van der Waals surface area contributed by atoms with Crippen LogP contribution in [0.3, 0.4) is 0 Å². The molecule has 2 aromatic rings. The highest BCUT2D eigenvalue weighted by Gasteiger charge is 2.34. The first-order valence-electron chi connectivity index (χ1n) is 7.54. The van der Waals surface area contributed by atoms with Gasteiger partial charge >= 0.3 is 0 Å². The first kappa shape index (κ1) is 16.4. The van der Waals surface area contributed by atoms with Gasteiger partial charge in [0.05, 0.1) is 23.0 Å². The van der Waals surface area contributed by atoms with Gasteiger partial charge in [-0.1, -0.05) is 18.6 Å². The lowest BCUT2D eigenvalue weighted by molar-refractivity contribution is -0.125. The van der Waals surface area contributed by atoms with Gasteiger partial charge in [-0.05, 0) is 25.0 Å². The number of piperidine rings is 1. The zero-order valence-corrected chi connectivity index (χ0v) is 14.5. The normalized spacial score (nSPS) is 19.8. The molecule has 6 nitrogen and oxygen atoms in total. The molecule has 2 heterocycles. The fraction of sp³-hybridized carbons (Fsp3) is 0.467. The minimum atomic E-state index is -3.36. The highest BCUT2D eigenvalue weighted by atomic mass is 32.2. The smallest absolute Gasteiger partial charge is 0.238 e. The number of amides is 1. The Kier molecular flexibility index (Phi) is 4.65. The fourth-order valence-electron chi connectivity index (χ4n) is 2.84. The first-order valence-corrected chi connectivity index (χ1v) is 10.2. The Morgan fingerprint density at radius 2 is 2.17 bits per heavy atom. The topological polar surface area (TPSA) is 79.4 Å². The van der Waals surface area contributed by atoms with Crippen molar-refractivity contribution in [3.05, 3.63) is 29.3 Å². The van der Waals surface area contributed by atoms with Gasteiger partial charge in [0.1, 0.15) is 11.0 Å². The number of benzene rings is 1. The molecular formula is C15H19N3O3S2. The fourth-order valence-corrected chi connectivity index (χ4v) is 4.87. The quantitative estimate of drug-likeness (QED) is 0.908. The highest BCUT2D eigenvalue weighted by Crippen LogP contribution is 2.22. The van der Waals surface area contributed by atoms with Crippen LogP contribution in [0.1, 0.15) is 24.3 Å². The molecule has 1 aliphatic rings. The number of hydrogen-bond donors (Lipinski definition) is 1. The Labute approximate surface area is 139 Å². The van der Waals surface area contributed by atoms with Crippen LogP contribution in [0.15, 0.2) is 24.3 Å². The minimum Gasteiger partial charge on any atom is -0.348 e. The second-order valence-corrected chi connectivity index (χ2v) is 8.73. The van der Waals surface area contributed by atoms with E-state index in [1.807, 2.05) is 24.3 Å². The molecule has 1 atom stereocenters. The van der Waals surface area contributed by atoms with Crippen LogP contribution in [-0.4, -0.2) is 42.5 Å². The van der Waals surface area contributed by atoms with Crippen molar-refractivity contribution in [3.63, 3.8) is 0 Å². The van der Waals surface area contributed by atoms with E-state index in [4.69, 9.17) is 0 Å². The summed E-state index contributed by atoms with van der Waals surface area (Å²) in [5.41, 5.74) is 0.914. The summed E-state index contributed by atoms with van der Waals surface area (Å²) in [6.45, 7) is 0.740. The standard InChI is InChI=1S/C15H19N3O3S2/c1-23(20,21)18-9-5-4-7-12(18)15(19)16-10-14-17-11-6-2-3-8-13(11)22-14/h2-3,6,8,12H,4-5,7,9-10H2,1H3,(H,16,19). The molecule has 1 amide bonds. The van der Waals surface area contributed by atoms with E-state index in [2.05, 4.69) is 10.3 Å². The van der Waals surface area contributed by atoms with Crippen molar-refractivity contribution in [3.8, 4) is 0 Å². The van der Waals surface area contributed by atoms with Gasteiger partial charge in [0, 0.05) is 6.54 Å². The molecule has 1 fully saturated rings. The molecule has 1 aliphatic heterocycles. The summed E-state index contributed by atoms with van der Waals surface area (Å²) in [7, 11) is -3.36. The van der Waals surface area contributed by atoms with Crippen LogP contribution in [0, 0.1) is 0 Å². The molecule has 124 valence electrons. The Balaban J connectivity index is 1.68. The van der Waals surface area contributed by atoms with E-state index in [9.17, 15) is 13.2 Å². The molecule has 3 rings (SSSR count). The predicted molar refractivity (Wildman–Crippen MR) is 90.7 cm³/mol. The largest absolute Gasteiger partial charge is 0.348 e. The van der Waals surface area contributed by atoms with Crippen LogP contribution in [0.5, 0.6) is 0 Å². The summed E-state index contributed by atoms with van der Waals surface area (Å²) < 4.78 is 26.0. The van der Waals surface area contributed by atoms with Gasteiger partial charge in [-0.15, -0.1) is 11.3 Å². The van der Waals surface area contributed by atoms with Gasteiger partial charge in [0.15, 0.2) is 0 Å². The van der Waals surface area contributed by atoms with Gasteiger partial charge in [0.25, 0.3) is 0 Å². The first-order chi connectivity index (χ1) is 10.9. The summed E-state index contributed by atoms with van der Waals surface area (Å²) in [5.74, 6) is -0.241. The molecule has 0 aliphatic carbocycles. The average molecular weight is 353 g/mol. The summed E-state index contributed by atoms with van der Waals surface area (Å²) >= 11 is 1.53. The Hall–Kier alpha value is -1.51. The number of para-hydroxylation sites is 1. The zero-order chi connectivity index (χ0) is 16.4. The number of sulfonamides is 1. The molecule has 0 bridgehead atoms. The molecule has 1 N–H and O–H groups in total. The van der Waals surface area contributed by atoms with E-state index in [0.29, 0.717) is 19.5 Å². The zero-order valence-electron chi connectivity index (χ0n) is 12.9. The van der Waals surface area contributed by atoms with Gasteiger partial charge in [0.2, 0.25) is 15.9 Å². The number of nitrogens with zero attached hydrogens (tertiary/aromatic N) is 2. The molecule has 1 saturated heterocycles. The molecule has 0 saturated carbocycles. The number of rotatable bonds is 4. The molecule has 1 aromatic heterocycles. The maximum absolute atomic E-state index is 12.4. The predicted octanol–water partition coefficient (Wildman–Crippen LogP) is 1.73. The summed E-state index contributed by atoms with van der Waals surface area (Å²) in [5, 5.41) is 3.66. The van der Waals surface area contributed by atoms with E-state index in [-0.39, 0.29) is 5.91 Å². The Morgan fingerprint density at radius 3 is 2.91 bits per heavy atom. The lowest BCUT2D eigenvalue weighted by Gasteiger charge is -2.32. The van der Waals surface area contributed by atoms with Crippen LogP contribution >= 0.6 is 11.3 Å². The van der Waals surface area contributed by atoms with E-state index in [0.717, 1.165) is 34.3 Å². The van der Waals surface area contributed by atoms with Gasteiger partial charge in [-0.3, -0.25) is 4.79 Å². The van der Waals surface area contributed by atoms with Crippen molar-refractivity contribution in [2.75, 3.05) is 12.8 Å². The highest BCUT2D eigenvalue weighted by molar-refractivity contribution is 7.88. The lowest BCUT2D eigenvalue weighted by Crippen LogP contribution is -2.51. The van der Waals surface area contributed by atoms with Gasteiger partial charge < -0.3 is 5.32 Å². The number of aromatic nitrogens is 1. The van der Waals surface area contributed by atoms with Crippen molar-refractivity contribution in [2.24, 2.45) is 0 Å². The number of thiazole rings is 1. The summed E-state index contributed by atoms with van der Waals surface area (Å²) in [6, 6.07) is 7.20. The maximum atomic E-state index is 12.4. The van der Waals surface area contributed by atoms with Crippen molar-refractivity contribution >= 4 is 37.5 Å². The second kappa shape index (κ2) is 6.54. The van der Waals surface area contributed by atoms with E-state index in [1.54, 1.807) is 0 Å². The van der Waals surface area contributed by atoms with Crippen molar-refractivity contribution in [2.45, 2.75) is 31.8 Å². The number of fused-ring (bicyclic) bond motifs is 1. The third kappa shape index (κ3) is 3.70. The maximum Gasteiger partial charge on any atom is 0.238 e. The molecule has 8 heteroatoms. The SMILES string of the molecule is CS(=O)(=O)N1CCCCC1C(=O)NCc1nc2ccccc2s1. The summed E-state index contributed by atoms with van der Waals surface area (Å²) in [4.78, 5) is 16.9. The number of carbonyl (C=O) groups is 1. The number of hydrogen-bond acceptors (Lipinski definition) is 5. The number of carbonyl (C=O) groups excluding carboxylic acids is 1. The lowest BCUT2D eigenvalue weighted by atomic mass is 10.0. The second-order valence-electron chi connectivity index (χ2n) is 5.68. The Morgan fingerprint density at radius 1 is 1.39 bits per heavy atom. The van der Waals surface area contributed by atoms with Crippen LogP contribution in [-0.2, 0) is 21.4 Å². The Bertz CT molecular complexity index is 783. The van der Waals surface area contributed by atoms with E-state index < -0.39 is 16.1 Å². The molecule has 23 heavy (non-hydrogen) atoms. The number of nitrogens with one attached hydrogen (secondary N) is 1. The van der Waals surface area contributed by atoms with Gasteiger partial charge in [-0.2, -0.15) is 4.31 Å². The van der Waals surface area contributed by atoms with Crippen LogP contribution in [0.2, 0.25) is 0 Å². The average Bonchev–Trinajstić information content (AvgIpc) is 2.94.